The van der Waals surface area contributed by atoms with Crippen LogP contribution >= 0.6 is 0 Å². The Morgan fingerprint density at radius 3 is 2.73 bits per heavy atom. The van der Waals surface area contributed by atoms with Crippen LogP contribution in [0.3, 0.4) is 0 Å². The predicted octanol–water partition coefficient (Wildman–Crippen LogP) is -0.569. The van der Waals surface area contributed by atoms with Gasteiger partial charge in [0.15, 0.2) is 0 Å². The van der Waals surface area contributed by atoms with Crippen molar-refractivity contribution in [1.29, 1.82) is 0 Å². The minimum Gasteiger partial charge on any atom is -0.481 e. The Bertz CT molecular complexity index is 167. The van der Waals surface area contributed by atoms with Crippen molar-refractivity contribution in [3.8, 4) is 0 Å². The zero-order chi connectivity index (χ0) is 8.48. The van der Waals surface area contributed by atoms with Gasteiger partial charge in [-0.3, -0.25) is 4.79 Å². The molecule has 0 aromatic carbocycles. The lowest BCUT2D eigenvalue weighted by molar-refractivity contribution is -0.145. The van der Waals surface area contributed by atoms with Crippen LogP contribution in [0.4, 0.5) is 0 Å². The first-order chi connectivity index (χ1) is 5.01. The van der Waals surface area contributed by atoms with Gasteiger partial charge in [-0.15, -0.1) is 0 Å². The Kier molecular flexibility index (Phi) is 2.15. The molecule has 1 fully saturated rings. The third kappa shape index (κ3) is 2.17. The van der Waals surface area contributed by atoms with Crippen molar-refractivity contribution in [3.63, 3.8) is 0 Å². The van der Waals surface area contributed by atoms with E-state index in [-0.39, 0.29) is 0 Å². The molecule has 1 aliphatic rings. The van der Waals surface area contributed by atoms with Crippen LogP contribution in [0, 0.1) is 5.92 Å². The largest absolute Gasteiger partial charge is 0.481 e. The highest BCUT2D eigenvalue weighted by molar-refractivity contribution is 5.70. The van der Waals surface area contributed by atoms with E-state index in [2.05, 4.69) is 5.32 Å². The second kappa shape index (κ2) is 2.79. The molecule has 2 atom stereocenters. The monoisotopic (exact) mass is 159 g/mol. The molecule has 0 spiro atoms. The smallest absolute Gasteiger partial charge is 0.307 e. The highest BCUT2D eigenvalue weighted by Gasteiger charge is 2.33. The van der Waals surface area contributed by atoms with Gasteiger partial charge in [-0.25, -0.2) is 0 Å². The summed E-state index contributed by atoms with van der Waals surface area (Å²) in [5, 5.41) is 21.0. The number of aliphatic hydroxyl groups is 1. The molecule has 4 heteroatoms. The highest BCUT2D eigenvalue weighted by Crippen LogP contribution is 2.19. The third-order valence-electron chi connectivity index (χ3n) is 1.93. The SMILES string of the molecule is CC1(O)CNCC(C(=O)O)C1. The van der Waals surface area contributed by atoms with E-state index in [1.54, 1.807) is 6.92 Å². The molecule has 0 bridgehead atoms. The van der Waals surface area contributed by atoms with Crippen molar-refractivity contribution >= 4 is 5.97 Å². The average Bonchev–Trinajstić information content (AvgIpc) is 1.85. The number of carbonyl (C=O) groups is 1. The molecule has 11 heavy (non-hydrogen) atoms. The van der Waals surface area contributed by atoms with E-state index in [4.69, 9.17) is 5.11 Å². The molecule has 0 radical (unpaired) electrons. The second-order valence-corrected chi connectivity index (χ2v) is 3.37. The van der Waals surface area contributed by atoms with E-state index in [0.29, 0.717) is 19.5 Å². The van der Waals surface area contributed by atoms with Crippen molar-refractivity contribution < 1.29 is 15.0 Å². The normalized spacial score (nSPS) is 38.5. The summed E-state index contributed by atoms with van der Waals surface area (Å²) >= 11 is 0. The van der Waals surface area contributed by atoms with Gasteiger partial charge in [-0.05, 0) is 13.3 Å². The molecule has 4 nitrogen and oxygen atoms in total. The minimum atomic E-state index is -0.860. The summed E-state index contributed by atoms with van der Waals surface area (Å²) in [6.07, 6.45) is 0.343. The predicted molar refractivity (Wildman–Crippen MR) is 39.2 cm³/mol. The number of piperidine rings is 1. The van der Waals surface area contributed by atoms with Gasteiger partial charge in [0.05, 0.1) is 11.5 Å². The van der Waals surface area contributed by atoms with Crippen LogP contribution in [0.15, 0.2) is 0 Å². The Morgan fingerprint density at radius 1 is 1.73 bits per heavy atom. The molecule has 1 heterocycles. The van der Waals surface area contributed by atoms with Crippen LogP contribution in [0.1, 0.15) is 13.3 Å². The molecule has 1 saturated heterocycles. The van der Waals surface area contributed by atoms with E-state index < -0.39 is 17.5 Å². The van der Waals surface area contributed by atoms with Gasteiger partial charge in [-0.1, -0.05) is 0 Å². The fourth-order valence-corrected chi connectivity index (χ4v) is 1.37. The topological polar surface area (TPSA) is 69.6 Å². The fraction of sp³-hybridized carbons (Fsp3) is 0.857. The first kappa shape index (κ1) is 8.49. The summed E-state index contributed by atoms with van der Waals surface area (Å²) in [6, 6.07) is 0. The van der Waals surface area contributed by atoms with Crippen molar-refractivity contribution in [2.75, 3.05) is 13.1 Å². The number of nitrogens with one attached hydrogen (secondary N) is 1. The first-order valence-electron chi connectivity index (χ1n) is 3.67. The van der Waals surface area contributed by atoms with Crippen LogP contribution in [0.2, 0.25) is 0 Å². The summed E-state index contributed by atoms with van der Waals surface area (Å²) in [4.78, 5) is 10.5. The zero-order valence-corrected chi connectivity index (χ0v) is 6.50. The summed E-state index contributed by atoms with van der Waals surface area (Å²) in [7, 11) is 0. The molecule has 0 amide bonds. The van der Waals surface area contributed by atoms with Gasteiger partial charge in [-0.2, -0.15) is 0 Å². The molecular weight excluding hydrogens is 146 g/mol. The van der Waals surface area contributed by atoms with Crippen molar-refractivity contribution in [3.05, 3.63) is 0 Å². The second-order valence-electron chi connectivity index (χ2n) is 3.37. The first-order valence-corrected chi connectivity index (χ1v) is 3.67. The van der Waals surface area contributed by atoms with E-state index in [9.17, 15) is 9.90 Å². The van der Waals surface area contributed by atoms with Gasteiger partial charge in [0.1, 0.15) is 0 Å². The number of carboxylic acids is 1. The maximum atomic E-state index is 10.5. The fourth-order valence-electron chi connectivity index (χ4n) is 1.37. The minimum absolute atomic E-state index is 0.343. The average molecular weight is 159 g/mol. The standard InChI is InChI=1S/C7H13NO3/c1-7(11)2-5(6(9)10)3-8-4-7/h5,8,11H,2-4H2,1H3,(H,9,10). The maximum Gasteiger partial charge on any atom is 0.307 e. The van der Waals surface area contributed by atoms with Gasteiger partial charge in [0.2, 0.25) is 0 Å². The zero-order valence-electron chi connectivity index (χ0n) is 6.50. The lowest BCUT2D eigenvalue weighted by atomic mass is 9.88. The number of hydrogen-bond donors (Lipinski definition) is 3. The number of hydrogen-bond acceptors (Lipinski definition) is 3. The molecule has 0 saturated carbocycles. The highest BCUT2D eigenvalue weighted by atomic mass is 16.4. The van der Waals surface area contributed by atoms with Crippen LogP contribution in [0.25, 0.3) is 0 Å². The van der Waals surface area contributed by atoms with Gasteiger partial charge in [0, 0.05) is 13.1 Å². The third-order valence-corrected chi connectivity index (χ3v) is 1.93. The van der Waals surface area contributed by atoms with Crippen LogP contribution in [-0.4, -0.2) is 34.9 Å². The van der Waals surface area contributed by atoms with Crippen molar-refractivity contribution in [1.82, 2.24) is 5.32 Å². The molecule has 64 valence electrons. The summed E-state index contributed by atoms with van der Waals surface area (Å²) in [5.41, 5.74) is -0.860. The van der Waals surface area contributed by atoms with Crippen molar-refractivity contribution in [2.45, 2.75) is 18.9 Å². The molecular formula is C7H13NO3. The Labute approximate surface area is 65.2 Å². The lowest BCUT2D eigenvalue weighted by Gasteiger charge is -2.32. The maximum absolute atomic E-state index is 10.5. The number of carboxylic acid groups (broad SMARTS) is 1. The van der Waals surface area contributed by atoms with Crippen molar-refractivity contribution in [2.24, 2.45) is 5.92 Å². The van der Waals surface area contributed by atoms with Crippen LogP contribution in [0.5, 0.6) is 0 Å². The number of aliphatic carboxylic acids is 1. The lowest BCUT2D eigenvalue weighted by Crippen LogP contribution is -2.49. The molecule has 1 aliphatic heterocycles. The molecule has 1 rings (SSSR count). The van der Waals surface area contributed by atoms with E-state index in [0.717, 1.165) is 0 Å². The van der Waals surface area contributed by atoms with E-state index >= 15 is 0 Å². The molecule has 0 aliphatic carbocycles. The van der Waals surface area contributed by atoms with Crippen LogP contribution < -0.4 is 5.32 Å². The van der Waals surface area contributed by atoms with Gasteiger partial charge >= 0.3 is 5.97 Å². The van der Waals surface area contributed by atoms with Gasteiger partial charge in [0.25, 0.3) is 0 Å². The van der Waals surface area contributed by atoms with E-state index in [1.807, 2.05) is 0 Å². The Hall–Kier alpha value is -0.610. The van der Waals surface area contributed by atoms with Crippen LogP contribution in [-0.2, 0) is 4.79 Å². The number of β-amino-alcohol motifs (C(OH)–C–C–N with tert-alkyl or cyclic N) is 1. The van der Waals surface area contributed by atoms with Gasteiger partial charge < -0.3 is 15.5 Å². The molecule has 3 N–H and O–H groups in total. The summed E-state index contributed by atoms with van der Waals surface area (Å²) < 4.78 is 0. The Balaban J connectivity index is 2.53. The summed E-state index contributed by atoms with van der Waals surface area (Å²) in [5.74, 6) is -1.28. The molecule has 2 unspecified atom stereocenters. The summed E-state index contributed by atoms with van der Waals surface area (Å²) in [6.45, 7) is 2.59. The van der Waals surface area contributed by atoms with E-state index in [1.165, 1.54) is 0 Å². The molecule has 0 aromatic heterocycles. The molecule has 0 aromatic rings. The quantitative estimate of drug-likeness (QED) is 0.479. The number of rotatable bonds is 1. The Morgan fingerprint density at radius 2 is 2.36 bits per heavy atom.